The van der Waals surface area contributed by atoms with Crippen LogP contribution in [0, 0.1) is 0 Å². The Labute approximate surface area is 107 Å². The van der Waals surface area contributed by atoms with E-state index in [0.29, 0.717) is 19.4 Å². The number of aliphatic hydroxyl groups excluding tert-OH is 1. The smallest absolute Gasteiger partial charge is 0.220 e. The lowest BCUT2D eigenvalue weighted by atomic mass is 10.1. The van der Waals surface area contributed by atoms with Gasteiger partial charge in [-0.2, -0.15) is 0 Å². The van der Waals surface area contributed by atoms with Crippen molar-refractivity contribution < 1.29 is 9.90 Å². The van der Waals surface area contributed by atoms with Gasteiger partial charge >= 0.3 is 0 Å². The molecule has 1 rings (SSSR count). The summed E-state index contributed by atoms with van der Waals surface area (Å²) >= 11 is 5.86. The van der Waals surface area contributed by atoms with Crippen molar-refractivity contribution in [3.8, 4) is 0 Å². The minimum atomic E-state index is 0.0421. The molecule has 0 unspecified atom stereocenters. The first kappa shape index (κ1) is 14.0. The topological polar surface area (TPSA) is 49.3 Å². The van der Waals surface area contributed by atoms with Crippen LogP contribution < -0.4 is 5.32 Å². The van der Waals surface area contributed by atoms with Crippen molar-refractivity contribution in [1.82, 2.24) is 5.32 Å². The van der Waals surface area contributed by atoms with Crippen LogP contribution in [0.15, 0.2) is 24.3 Å². The average Bonchev–Trinajstić information content (AvgIpc) is 2.29. The van der Waals surface area contributed by atoms with Crippen molar-refractivity contribution in [2.45, 2.75) is 25.7 Å². The molecule has 0 fully saturated rings. The molecule has 1 aromatic carbocycles. The summed E-state index contributed by atoms with van der Waals surface area (Å²) in [6.45, 7) is 0.772. The maximum atomic E-state index is 11.4. The van der Waals surface area contributed by atoms with Crippen molar-refractivity contribution >= 4 is 17.5 Å². The van der Waals surface area contributed by atoms with Gasteiger partial charge in [0.05, 0.1) is 0 Å². The Kier molecular flexibility index (Phi) is 6.67. The Balaban J connectivity index is 2.17. The van der Waals surface area contributed by atoms with Gasteiger partial charge in [0.2, 0.25) is 5.91 Å². The number of unbranched alkanes of at least 4 members (excludes halogenated alkanes) is 1. The van der Waals surface area contributed by atoms with Crippen molar-refractivity contribution in [2.24, 2.45) is 0 Å². The Morgan fingerprint density at radius 1 is 1.35 bits per heavy atom. The molecule has 0 bridgehead atoms. The summed E-state index contributed by atoms with van der Waals surface area (Å²) in [6, 6.07) is 7.63. The van der Waals surface area contributed by atoms with E-state index in [4.69, 9.17) is 16.7 Å². The number of carbonyl (C=O) groups excluding carboxylic acids is 1. The van der Waals surface area contributed by atoms with Gasteiger partial charge in [-0.15, -0.1) is 0 Å². The molecule has 2 N–H and O–H groups in total. The number of nitrogens with one attached hydrogen (secondary N) is 1. The predicted molar refractivity (Wildman–Crippen MR) is 69.1 cm³/mol. The number of hydrogen-bond donors (Lipinski definition) is 2. The Bertz CT molecular complexity index is 355. The fourth-order valence-electron chi connectivity index (χ4n) is 1.52. The molecule has 0 aliphatic carbocycles. The van der Waals surface area contributed by atoms with Crippen LogP contribution in [0.5, 0.6) is 0 Å². The van der Waals surface area contributed by atoms with E-state index < -0.39 is 0 Å². The van der Waals surface area contributed by atoms with Gasteiger partial charge in [-0.3, -0.25) is 4.79 Å². The van der Waals surface area contributed by atoms with E-state index in [1.165, 1.54) is 0 Å². The second-order valence-corrected chi connectivity index (χ2v) is 4.35. The molecule has 0 saturated heterocycles. The number of benzene rings is 1. The number of amides is 1. The number of hydrogen-bond acceptors (Lipinski definition) is 2. The van der Waals surface area contributed by atoms with Gasteiger partial charge in [0.1, 0.15) is 0 Å². The minimum absolute atomic E-state index is 0.0421. The van der Waals surface area contributed by atoms with E-state index in [0.717, 1.165) is 23.4 Å². The molecule has 0 radical (unpaired) electrons. The second kappa shape index (κ2) is 8.09. The van der Waals surface area contributed by atoms with Crippen LogP contribution in [-0.2, 0) is 11.2 Å². The fraction of sp³-hybridized carbons (Fsp3) is 0.462. The summed E-state index contributed by atoms with van der Waals surface area (Å²) in [5.41, 5.74) is 1.12. The molecule has 0 heterocycles. The molecule has 0 aliphatic heterocycles. The third-order valence-electron chi connectivity index (χ3n) is 2.44. The Hall–Kier alpha value is -1.06. The van der Waals surface area contributed by atoms with Crippen LogP contribution in [0.2, 0.25) is 5.02 Å². The highest BCUT2D eigenvalue weighted by molar-refractivity contribution is 6.30. The van der Waals surface area contributed by atoms with Gasteiger partial charge in [-0.1, -0.05) is 23.7 Å². The average molecular weight is 256 g/mol. The third-order valence-corrected chi connectivity index (χ3v) is 2.67. The van der Waals surface area contributed by atoms with Gasteiger partial charge in [-0.05, 0) is 37.0 Å². The van der Waals surface area contributed by atoms with Gasteiger partial charge < -0.3 is 10.4 Å². The summed E-state index contributed by atoms with van der Waals surface area (Å²) in [4.78, 5) is 11.4. The zero-order valence-corrected chi connectivity index (χ0v) is 10.5. The SMILES string of the molecule is O=C(CCCCO)NCCc1cccc(Cl)c1. The molecule has 0 aromatic heterocycles. The molecule has 1 amide bonds. The van der Waals surface area contributed by atoms with Crippen LogP contribution in [0.3, 0.4) is 0 Å². The molecule has 94 valence electrons. The first-order valence-electron chi connectivity index (χ1n) is 5.84. The highest BCUT2D eigenvalue weighted by Gasteiger charge is 2.00. The summed E-state index contributed by atoms with van der Waals surface area (Å²) in [7, 11) is 0. The van der Waals surface area contributed by atoms with E-state index in [1.807, 2.05) is 24.3 Å². The van der Waals surface area contributed by atoms with E-state index >= 15 is 0 Å². The first-order valence-corrected chi connectivity index (χ1v) is 6.22. The molecule has 3 nitrogen and oxygen atoms in total. The van der Waals surface area contributed by atoms with E-state index in [9.17, 15) is 4.79 Å². The summed E-state index contributed by atoms with van der Waals surface area (Å²) in [5.74, 6) is 0.0421. The highest BCUT2D eigenvalue weighted by atomic mass is 35.5. The van der Waals surface area contributed by atoms with E-state index in [2.05, 4.69) is 5.32 Å². The van der Waals surface area contributed by atoms with Crippen LogP contribution in [0.4, 0.5) is 0 Å². The molecule has 0 saturated carbocycles. The molecular formula is C13H18ClNO2. The zero-order chi connectivity index (χ0) is 12.5. The Morgan fingerprint density at radius 2 is 2.18 bits per heavy atom. The van der Waals surface area contributed by atoms with Crippen molar-refractivity contribution in [1.29, 1.82) is 0 Å². The predicted octanol–water partition coefficient (Wildman–Crippen LogP) is 2.16. The highest BCUT2D eigenvalue weighted by Crippen LogP contribution is 2.10. The molecule has 1 aromatic rings. The van der Waals surface area contributed by atoms with Gasteiger partial charge in [-0.25, -0.2) is 0 Å². The van der Waals surface area contributed by atoms with Gasteiger partial charge in [0.25, 0.3) is 0 Å². The molecular weight excluding hydrogens is 238 g/mol. The molecule has 17 heavy (non-hydrogen) atoms. The maximum Gasteiger partial charge on any atom is 0.220 e. The molecule has 4 heteroatoms. The van der Waals surface area contributed by atoms with Crippen molar-refractivity contribution in [3.63, 3.8) is 0 Å². The number of carbonyl (C=O) groups is 1. The lowest BCUT2D eigenvalue weighted by molar-refractivity contribution is -0.121. The number of halogens is 1. The monoisotopic (exact) mass is 255 g/mol. The quantitative estimate of drug-likeness (QED) is 0.734. The summed E-state index contributed by atoms with van der Waals surface area (Å²) in [5, 5.41) is 12.2. The van der Waals surface area contributed by atoms with E-state index in [-0.39, 0.29) is 12.5 Å². The van der Waals surface area contributed by atoms with Gasteiger partial charge in [0.15, 0.2) is 0 Å². The first-order chi connectivity index (χ1) is 8.22. The van der Waals surface area contributed by atoms with Crippen LogP contribution in [0.25, 0.3) is 0 Å². The van der Waals surface area contributed by atoms with Crippen molar-refractivity contribution in [2.75, 3.05) is 13.2 Å². The normalized spacial score (nSPS) is 10.2. The van der Waals surface area contributed by atoms with E-state index in [1.54, 1.807) is 0 Å². The number of rotatable bonds is 7. The van der Waals surface area contributed by atoms with Crippen LogP contribution in [0.1, 0.15) is 24.8 Å². The molecule has 0 aliphatic rings. The van der Waals surface area contributed by atoms with Crippen LogP contribution >= 0.6 is 11.6 Å². The zero-order valence-electron chi connectivity index (χ0n) is 9.79. The largest absolute Gasteiger partial charge is 0.396 e. The second-order valence-electron chi connectivity index (χ2n) is 3.91. The molecule has 0 atom stereocenters. The summed E-state index contributed by atoms with van der Waals surface area (Å²) in [6.07, 6.45) is 2.68. The van der Waals surface area contributed by atoms with Gasteiger partial charge in [0, 0.05) is 24.6 Å². The number of aliphatic hydroxyl groups is 1. The lowest BCUT2D eigenvalue weighted by Gasteiger charge is -2.05. The van der Waals surface area contributed by atoms with Crippen LogP contribution in [-0.4, -0.2) is 24.2 Å². The molecule has 0 spiro atoms. The fourth-order valence-corrected chi connectivity index (χ4v) is 1.74. The Morgan fingerprint density at radius 3 is 2.88 bits per heavy atom. The lowest BCUT2D eigenvalue weighted by Crippen LogP contribution is -2.25. The minimum Gasteiger partial charge on any atom is -0.396 e. The standard InChI is InChI=1S/C13H18ClNO2/c14-12-5-3-4-11(10-12)7-8-15-13(17)6-1-2-9-16/h3-5,10,16H,1-2,6-9H2,(H,15,17). The maximum absolute atomic E-state index is 11.4. The summed E-state index contributed by atoms with van der Waals surface area (Å²) < 4.78 is 0. The third kappa shape index (κ3) is 6.29. The van der Waals surface area contributed by atoms with Crippen molar-refractivity contribution in [3.05, 3.63) is 34.9 Å².